The fourth-order valence-corrected chi connectivity index (χ4v) is 5.19. The summed E-state index contributed by atoms with van der Waals surface area (Å²) in [6.45, 7) is 3.37. The van der Waals surface area contributed by atoms with Gasteiger partial charge in [0.1, 0.15) is 9.34 Å². The molecule has 2 aromatic heterocycles. The van der Waals surface area contributed by atoms with Gasteiger partial charge in [0.05, 0.1) is 16.0 Å². The maximum atomic E-state index is 12.5. The number of rotatable bonds is 3. The van der Waals surface area contributed by atoms with E-state index in [0.29, 0.717) is 16.3 Å². The minimum Gasteiger partial charge on any atom is -0.347 e. The number of hydrogen-bond donors (Lipinski definition) is 1. The first-order valence-corrected chi connectivity index (χ1v) is 9.45. The molecule has 3 aliphatic rings. The fourth-order valence-electron chi connectivity index (χ4n) is 3.31. The third-order valence-electron chi connectivity index (χ3n) is 4.49. The summed E-state index contributed by atoms with van der Waals surface area (Å²) in [5.74, 6) is 0.684. The molecule has 1 N–H and O–H groups in total. The topological polar surface area (TPSA) is 45.2 Å². The summed E-state index contributed by atoms with van der Waals surface area (Å²) in [6, 6.07) is 4.13. The van der Waals surface area contributed by atoms with Gasteiger partial charge in [-0.2, -0.15) is 0 Å². The van der Waals surface area contributed by atoms with Crippen LogP contribution < -0.4 is 5.32 Å². The maximum absolute atomic E-state index is 12.5. The number of carbonyl (C=O) groups excluding carboxylic acids is 1. The van der Waals surface area contributed by atoms with Crippen LogP contribution in [0.1, 0.15) is 22.5 Å². The van der Waals surface area contributed by atoms with Crippen LogP contribution in [0.2, 0.25) is 4.34 Å². The molecule has 0 radical (unpaired) electrons. The van der Waals surface area contributed by atoms with Gasteiger partial charge in [-0.1, -0.05) is 11.6 Å². The van der Waals surface area contributed by atoms with E-state index in [1.807, 2.05) is 12.1 Å². The van der Waals surface area contributed by atoms with Gasteiger partial charge in [0.25, 0.3) is 5.91 Å². The highest BCUT2D eigenvalue weighted by atomic mass is 35.5. The predicted octanol–water partition coefficient (Wildman–Crippen LogP) is 3.35. The largest absolute Gasteiger partial charge is 0.347 e. The Morgan fingerprint density at radius 1 is 1.32 bits per heavy atom. The zero-order valence-corrected chi connectivity index (χ0v) is 14.3. The van der Waals surface area contributed by atoms with Gasteiger partial charge < -0.3 is 10.2 Å². The molecule has 2 aromatic rings. The van der Waals surface area contributed by atoms with E-state index in [1.54, 1.807) is 6.20 Å². The van der Waals surface area contributed by atoms with Crippen molar-refractivity contribution in [3.8, 4) is 9.88 Å². The monoisotopic (exact) mass is 353 g/mol. The molecule has 3 aliphatic heterocycles. The van der Waals surface area contributed by atoms with E-state index in [2.05, 4.69) is 15.2 Å². The van der Waals surface area contributed by atoms with Gasteiger partial charge in [-0.05, 0) is 44.0 Å². The molecule has 1 atom stereocenters. The van der Waals surface area contributed by atoms with Crippen LogP contribution in [0.5, 0.6) is 0 Å². The van der Waals surface area contributed by atoms with Crippen molar-refractivity contribution in [1.29, 1.82) is 0 Å². The van der Waals surface area contributed by atoms with Gasteiger partial charge in [0.2, 0.25) is 0 Å². The van der Waals surface area contributed by atoms with Crippen molar-refractivity contribution in [2.24, 2.45) is 5.92 Å². The molecule has 4 nitrogen and oxygen atoms in total. The van der Waals surface area contributed by atoms with Crippen LogP contribution in [0, 0.1) is 5.92 Å². The molecule has 0 spiro atoms. The molecule has 116 valence electrons. The van der Waals surface area contributed by atoms with Gasteiger partial charge >= 0.3 is 0 Å². The predicted molar refractivity (Wildman–Crippen MR) is 90.9 cm³/mol. The lowest BCUT2D eigenvalue weighted by atomic mass is 9.84. The summed E-state index contributed by atoms with van der Waals surface area (Å²) in [7, 11) is 0. The normalized spacial score (nSPS) is 27.0. The average Bonchev–Trinajstić information content (AvgIpc) is 3.17. The number of piperidine rings is 3. The van der Waals surface area contributed by atoms with Crippen molar-refractivity contribution in [2.75, 3.05) is 19.6 Å². The first-order chi connectivity index (χ1) is 10.7. The van der Waals surface area contributed by atoms with Crippen molar-refractivity contribution in [3.05, 3.63) is 27.5 Å². The summed E-state index contributed by atoms with van der Waals surface area (Å²) >= 11 is 8.84. The number of fused-ring (bicyclic) bond motifs is 3. The second-order valence-electron chi connectivity index (χ2n) is 5.85. The van der Waals surface area contributed by atoms with Crippen LogP contribution in [0.4, 0.5) is 0 Å². The smallest absolute Gasteiger partial charge is 0.261 e. The molecule has 0 aliphatic carbocycles. The van der Waals surface area contributed by atoms with Crippen LogP contribution in [0.25, 0.3) is 9.88 Å². The minimum atomic E-state index is 0.0395. The standard InChI is InChI=1S/C15H16ClN3OS2/c16-13-7-17-15(22-13)12-2-1-11(21-12)14(20)18-10-8-19-5-3-9(10)4-6-19/h1-2,7,9-10H,3-6,8H2,(H,18,20)/t10-/m0/s1. The highest BCUT2D eigenvalue weighted by molar-refractivity contribution is 7.24. The van der Waals surface area contributed by atoms with Crippen LogP contribution in [-0.2, 0) is 0 Å². The maximum Gasteiger partial charge on any atom is 0.261 e. The highest BCUT2D eigenvalue weighted by Crippen LogP contribution is 2.33. The van der Waals surface area contributed by atoms with Gasteiger partial charge in [-0.25, -0.2) is 4.98 Å². The van der Waals surface area contributed by atoms with Crippen molar-refractivity contribution < 1.29 is 4.79 Å². The van der Waals surface area contributed by atoms with Crippen molar-refractivity contribution >= 4 is 40.2 Å². The van der Waals surface area contributed by atoms with E-state index in [4.69, 9.17) is 11.6 Å². The summed E-state index contributed by atoms with van der Waals surface area (Å²) in [5, 5.41) is 4.10. The zero-order valence-electron chi connectivity index (χ0n) is 11.9. The molecule has 22 heavy (non-hydrogen) atoms. The number of thiazole rings is 1. The quantitative estimate of drug-likeness (QED) is 0.920. The molecule has 5 rings (SSSR count). The Labute approximate surface area is 142 Å². The number of hydrogen-bond acceptors (Lipinski definition) is 5. The number of nitrogens with one attached hydrogen (secondary N) is 1. The van der Waals surface area contributed by atoms with Crippen LogP contribution >= 0.6 is 34.3 Å². The molecular weight excluding hydrogens is 338 g/mol. The number of thiophene rings is 1. The lowest BCUT2D eigenvalue weighted by Gasteiger charge is -2.44. The molecule has 7 heteroatoms. The Hall–Kier alpha value is -0.950. The molecular formula is C15H16ClN3OS2. The highest BCUT2D eigenvalue weighted by Gasteiger charge is 2.35. The summed E-state index contributed by atoms with van der Waals surface area (Å²) in [4.78, 5) is 20.9. The first-order valence-electron chi connectivity index (χ1n) is 7.44. The molecule has 3 saturated heterocycles. The van der Waals surface area contributed by atoms with Gasteiger partial charge in [-0.3, -0.25) is 4.79 Å². The van der Waals surface area contributed by atoms with Crippen LogP contribution in [-0.4, -0.2) is 41.5 Å². The minimum absolute atomic E-state index is 0.0395. The van der Waals surface area contributed by atoms with Crippen molar-refractivity contribution in [2.45, 2.75) is 18.9 Å². The Bertz CT molecular complexity index is 691. The summed E-state index contributed by atoms with van der Waals surface area (Å²) in [5.41, 5.74) is 0. The summed E-state index contributed by atoms with van der Waals surface area (Å²) < 4.78 is 0.668. The molecule has 0 aromatic carbocycles. The molecule has 0 saturated carbocycles. The van der Waals surface area contributed by atoms with E-state index in [-0.39, 0.29) is 5.91 Å². The van der Waals surface area contributed by atoms with E-state index in [9.17, 15) is 4.79 Å². The summed E-state index contributed by atoms with van der Waals surface area (Å²) in [6.07, 6.45) is 4.06. The third-order valence-corrected chi connectivity index (χ3v) is 6.86. The number of amides is 1. The number of aromatic nitrogens is 1. The molecule has 1 amide bonds. The van der Waals surface area contributed by atoms with Crippen molar-refractivity contribution in [3.63, 3.8) is 0 Å². The van der Waals surface area contributed by atoms with E-state index < -0.39 is 0 Å². The lowest BCUT2D eigenvalue weighted by molar-refractivity contribution is 0.0622. The fraction of sp³-hybridized carbons (Fsp3) is 0.467. The number of carbonyl (C=O) groups is 1. The number of nitrogens with zero attached hydrogens (tertiary/aromatic N) is 2. The Morgan fingerprint density at radius 2 is 2.14 bits per heavy atom. The van der Waals surface area contributed by atoms with Crippen molar-refractivity contribution in [1.82, 2.24) is 15.2 Å². The molecule has 5 heterocycles. The lowest BCUT2D eigenvalue weighted by Crippen LogP contribution is -2.57. The zero-order chi connectivity index (χ0) is 15.1. The van der Waals surface area contributed by atoms with E-state index in [1.165, 1.54) is 48.6 Å². The first kappa shape index (κ1) is 14.6. The SMILES string of the molecule is O=C(N[C@H]1CN2CCC1CC2)c1ccc(-c2ncc(Cl)s2)s1. The Morgan fingerprint density at radius 3 is 2.77 bits per heavy atom. The second-order valence-corrected chi connectivity index (χ2v) is 8.60. The van der Waals surface area contributed by atoms with Crippen LogP contribution in [0.3, 0.4) is 0 Å². The average molecular weight is 354 g/mol. The molecule has 0 unspecified atom stereocenters. The van der Waals surface area contributed by atoms with E-state index in [0.717, 1.165) is 21.3 Å². The van der Waals surface area contributed by atoms with Gasteiger partial charge in [-0.15, -0.1) is 22.7 Å². The van der Waals surface area contributed by atoms with Crippen LogP contribution in [0.15, 0.2) is 18.3 Å². The Kier molecular flexibility index (Phi) is 3.94. The third kappa shape index (κ3) is 2.80. The number of halogens is 1. The van der Waals surface area contributed by atoms with E-state index >= 15 is 0 Å². The Balaban J connectivity index is 1.46. The molecule has 2 bridgehead atoms. The van der Waals surface area contributed by atoms with Gasteiger partial charge in [0, 0.05) is 12.6 Å². The second kappa shape index (κ2) is 5.92. The molecule has 3 fully saturated rings. The van der Waals surface area contributed by atoms with Gasteiger partial charge in [0.15, 0.2) is 0 Å².